The number of rotatable bonds is 3. The molecule has 1 N–H and O–H groups in total. The monoisotopic (exact) mass is 277 g/mol. The van der Waals surface area contributed by atoms with E-state index in [2.05, 4.69) is 38.2 Å². The van der Waals surface area contributed by atoms with Crippen LogP contribution in [0.3, 0.4) is 0 Å². The highest BCUT2D eigenvalue weighted by Crippen LogP contribution is 2.65. The summed E-state index contributed by atoms with van der Waals surface area (Å²) in [6.45, 7) is 8.29. The summed E-state index contributed by atoms with van der Waals surface area (Å²) in [5.41, 5.74) is 2.14. The van der Waals surface area contributed by atoms with Gasteiger partial charge in [-0.15, -0.1) is 0 Å². The molecule has 104 valence electrons. The van der Waals surface area contributed by atoms with Crippen LogP contribution in [0.1, 0.15) is 45.6 Å². The number of halogens is 1. The normalized spacial score (nSPS) is 35.8. The van der Waals surface area contributed by atoms with Gasteiger partial charge in [0.15, 0.2) is 0 Å². The maximum absolute atomic E-state index is 6.24. The minimum Gasteiger partial charge on any atom is -0.309 e. The molecule has 0 aromatic heterocycles. The summed E-state index contributed by atoms with van der Waals surface area (Å²) >= 11 is 6.24. The summed E-state index contributed by atoms with van der Waals surface area (Å²) in [6.07, 6.45) is 4.10. The van der Waals surface area contributed by atoms with Gasteiger partial charge in [-0.2, -0.15) is 0 Å². The van der Waals surface area contributed by atoms with Crippen molar-refractivity contribution < 1.29 is 0 Å². The van der Waals surface area contributed by atoms with Crippen LogP contribution in [0.15, 0.2) is 24.3 Å². The van der Waals surface area contributed by atoms with Crippen LogP contribution in [-0.4, -0.2) is 6.04 Å². The Morgan fingerprint density at radius 3 is 2.58 bits per heavy atom. The van der Waals surface area contributed by atoms with Crippen molar-refractivity contribution in [3.63, 3.8) is 0 Å². The number of benzene rings is 1. The van der Waals surface area contributed by atoms with E-state index in [9.17, 15) is 0 Å². The zero-order valence-corrected chi connectivity index (χ0v) is 12.9. The summed E-state index contributed by atoms with van der Waals surface area (Å²) < 4.78 is 0. The van der Waals surface area contributed by atoms with Gasteiger partial charge in [0.1, 0.15) is 0 Å². The van der Waals surface area contributed by atoms with Gasteiger partial charge in [0, 0.05) is 17.6 Å². The van der Waals surface area contributed by atoms with E-state index in [1.54, 1.807) is 0 Å². The molecule has 1 aromatic rings. The summed E-state index contributed by atoms with van der Waals surface area (Å²) in [5.74, 6) is 0.890. The van der Waals surface area contributed by atoms with Crippen LogP contribution in [-0.2, 0) is 6.54 Å². The van der Waals surface area contributed by atoms with E-state index in [1.807, 2.05) is 12.1 Å². The zero-order valence-electron chi connectivity index (χ0n) is 12.2. The summed E-state index contributed by atoms with van der Waals surface area (Å²) in [7, 11) is 0. The Kier molecular flexibility index (Phi) is 3.18. The van der Waals surface area contributed by atoms with E-state index in [0.29, 0.717) is 16.9 Å². The standard InChI is InChI=1S/C17H24ClN/c1-16(2)13-8-9-17(16,3)15(10-13)19-11-12-6-4-5-7-14(12)18/h4-7,13,15,19H,8-11H2,1-3H3. The molecular weight excluding hydrogens is 254 g/mol. The number of nitrogens with one attached hydrogen (secondary N) is 1. The molecule has 2 heteroatoms. The molecule has 0 spiro atoms. The zero-order chi connectivity index (χ0) is 13.7. The minimum absolute atomic E-state index is 0.443. The molecule has 3 atom stereocenters. The molecule has 2 fully saturated rings. The van der Waals surface area contributed by atoms with Gasteiger partial charge in [0.2, 0.25) is 0 Å². The topological polar surface area (TPSA) is 12.0 Å². The molecule has 2 aliphatic carbocycles. The van der Waals surface area contributed by atoms with Crippen molar-refractivity contribution in [3.05, 3.63) is 34.9 Å². The molecule has 0 radical (unpaired) electrons. The first-order valence-electron chi connectivity index (χ1n) is 7.42. The number of hydrogen-bond donors (Lipinski definition) is 1. The molecule has 2 aliphatic rings. The van der Waals surface area contributed by atoms with Crippen LogP contribution < -0.4 is 5.32 Å². The van der Waals surface area contributed by atoms with Gasteiger partial charge < -0.3 is 5.32 Å². The second-order valence-electron chi connectivity index (χ2n) is 7.14. The lowest BCUT2D eigenvalue weighted by Gasteiger charge is -2.39. The molecule has 2 bridgehead atoms. The van der Waals surface area contributed by atoms with Crippen LogP contribution in [0.2, 0.25) is 5.02 Å². The van der Waals surface area contributed by atoms with Crippen LogP contribution in [0.5, 0.6) is 0 Å². The van der Waals surface area contributed by atoms with Gasteiger partial charge in [0.25, 0.3) is 0 Å². The third-order valence-electron chi connectivity index (χ3n) is 6.29. The molecule has 19 heavy (non-hydrogen) atoms. The quantitative estimate of drug-likeness (QED) is 0.848. The van der Waals surface area contributed by atoms with Crippen molar-refractivity contribution in [1.82, 2.24) is 5.32 Å². The third-order valence-corrected chi connectivity index (χ3v) is 6.66. The Balaban J connectivity index is 1.71. The maximum Gasteiger partial charge on any atom is 0.0450 e. The van der Waals surface area contributed by atoms with Gasteiger partial charge in [-0.3, -0.25) is 0 Å². The highest BCUT2D eigenvalue weighted by Gasteiger charge is 2.60. The van der Waals surface area contributed by atoms with Crippen molar-refractivity contribution in [2.45, 2.75) is 52.6 Å². The van der Waals surface area contributed by atoms with Gasteiger partial charge in [-0.1, -0.05) is 50.6 Å². The summed E-state index contributed by atoms with van der Waals surface area (Å²) in [4.78, 5) is 0. The fourth-order valence-electron chi connectivity index (χ4n) is 4.39. The van der Waals surface area contributed by atoms with E-state index in [0.717, 1.165) is 17.5 Å². The molecule has 1 nitrogen and oxygen atoms in total. The van der Waals surface area contributed by atoms with Crippen molar-refractivity contribution in [2.75, 3.05) is 0 Å². The van der Waals surface area contributed by atoms with Crippen molar-refractivity contribution in [1.29, 1.82) is 0 Å². The second kappa shape index (κ2) is 4.49. The van der Waals surface area contributed by atoms with Crippen molar-refractivity contribution in [3.8, 4) is 0 Å². The molecule has 2 saturated carbocycles. The van der Waals surface area contributed by atoms with Gasteiger partial charge >= 0.3 is 0 Å². The summed E-state index contributed by atoms with van der Waals surface area (Å²) in [6, 6.07) is 8.79. The Bertz CT molecular complexity index is 482. The lowest BCUT2D eigenvalue weighted by molar-refractivity contribution is 0.120. The highest BCUT2D eigenvalue weighted by molar-refractivity contribution is 6.31. The molecule has 0 amide bonds. The lowest BCUT2D eigenvalue weighted by Crippen LogP contribution is -2.44. The average molecular weight is 278 g/mol. The third kappa shape index (κ3) is 1.94. The number of fused-ring (bicyclic) bond motifs is 2. The molecule has 3 rings (SSSR count). The van der Waals surface area contributed by atoms with E-state index in [4.69, 9.17) is 11.6 Å². The van der Waals surface area contributed by atoms with E-state index < -0.39 is 0 Å². The Morgan fingerprint density at radius 1 is 1.26 bits per heavy atom. The first-order chi connectivity index (χ1) is 8.95. The van der Waals surface area contributed by atoms with Crippen LogP contribution in [0, 0.1) is 16.7 Å². The fraction of sp³-hybridized carbons (Fsp3) is 0.647. The molecule has 1 aromatic carbocycles. The average Bonchev–Trinajstić information content (AvgIpc) is 2.70. The molecule has 0 saturated heterocycles. The fourth-order valence-corrected chi connectivity index (χ4v) is 4.59. The van der Waals surface area contributed by atoms with E-state index in [-0.39, 0.29) is 0 Å². The lowest BCUT2D eigenvalue weighted by atomic mass is 9.69. The Morgan fingerprint density at radius 2 is 2.00 bits per heavy atom. The molecule has 3 unspecified atom stereocenters. The van der Waals surface area contributed by atoms with Crippen molar-refractivity contribution >= 4 is 11.6 Å². The first-order valence-corrected chi connectivity index (χ1v) is 7.80. The van der Waals surface area contributed by atoms with Crippen LogP contribution in [0.25, 0.3) is 0 Å². The Labute approximate surface area is 121 Å². The van der Waals surface area contributed by atoms with Gasteiger partial charge in [0.05, 0.1) is 0 Å². The maximum atomic E-state index is 6.24. The SMILES string of the molecule is CC1(C)C2CCC1(C)C(NCc1ccccc1Cl)C2. The highest BCUT2D eigenvalue weighted by atomic mass is 35.5. The predicted octanol–water partition coefficient (Wildman–Crippen LogP) is 4.64. The van der Waals surface area contributed by atoms with Gasteiger partial charge in [-0.25, -0.2) is 0 Å². The molecular formula is C17H24ClN. The van der Waals surface area contributed by atoms with E-state index in [1.165, 1.54) is 24.8 Å². The molecule has 0 aliphatic heterocycles. The Hall–Kier alpha value is -0.530. The van der Waals surface area contributed by atoms with E-state index >= 15 is 0 Å². The predicted molar refractivity (Wildman–Crippen MR) is 81.3 cm³/mol. The van der Waals surface area contributed by atoms with Gasteiger partial charge in [-0.05, 0) is 47.6 Å². The number of hydrogen-bond acceptors (Lipinski definition) is 1. The second-order valence-corrected chi connectivity index (χ2v) is 7.54. The smallest absolute Gasteiger partial charge is 0.0450 e. The minimum atomic E-state index is 0.443. The largest absolute Gasteiger partial charge is 0.309 e. The first kappa shape index (κ1) is 13.5. The summed E-state index contributed by atoms with van der Waals surface area (Å²) in [5, 5.41) is 4.66. The van der Waals surface area contributed by atoms with Crippen LogP contribution in [0.4, 0.5) is 0 Å². The van der Waals surface area contributed by atoms with Crippen LogP contribution >= 0.6 is 11.6 Å². The van der Waals surface area contributed by atoms with Crippen molar-refractivity contribution in [2.24, 2.45) is 16.7 Å². The molecule has 0 heterocycles.